The lowest BCUT2D eigenvalue weighted by atomic mass is 10.1. The van der Waals surface area contributed by atoms with Crippen LogP contribution in [0, 0.1) is 0 Å². The van der Waals surface area contributed by atoms with Gasteiger partial charge < -0.3 is 18.0 Å². The van der Waals surface area contributed by atoms with E-state index in [9.17, 15) is 0 Å². The van der Waals surface area contributed by atoms with Crippen molar-refractivity contribution in [3.05, 3.63) is 16.2 Å². The fourth-order valence-electron chi connectivity index (χ4n) is 3.94. The molecule has 1 fully saturated rings. The summed E-state index contributed by atoms with van der Waals surface area (Å²) in [5.41, 5.74) is 1.10. The molecule has 0 bridgehead atoms. The molecule has 3 rings (SSSR count). The van der Waals surface area contributed by atoms with Gasteiger partial charge in [0.15, 0.2) is 46.7 Å². The summed E-state index contributed by atoms with van der Waals surface area (Å²) < 4.78 is 30.7. The van der Waals surface area contributed by atoms with Crippen molar-refractivity contribution in [1.82, 2.24) is 19.5 Å². The molecule has 41 heavy (non-hydrogen) atoms. The molecule has 0 aliphatic carbocycles. The van der Waals surface area contributed by atoms with Gasteiger partial charge in [0, 0.05) is 0 Å². The molecule has 1 aliphatic rings. The summed E-state index contributed by atoms with van der Waals surface area (Å²) in [6.45, 7) is 34.4. The van der Waals surface area contributed by atoms with Crippen LogP contribution in [0.25, 0.3) is 11.2 Å². The van der Waals surface area contributed by atoms with Gasteiger partial charge in [-0.2, -0.15) is 0 Å². The van der Waals surface area contributed by atoms with Crippen molar-refractivity contribution in [3.8, 4) is 0 Å². The van der Waals surface area contributed by atoms with Crippen LogP contribution in [0.1, 0.15) is 68.5 Å². The highest BCUT2D eigenvalue weighted by Crippen LogP contribution is 2.47. The van der Waals surface area contributed by atoms with E-state index in [0.717, 1.165) is 0 Å². The zero-order valence-electron chi connectivity index (χ0n) is 27.8. The lowest BCUT2D eigenvalue weighted by Gasteiger charge is -2.44. The van der Waals surface area contributed by atoms with Crippen molar-refractivity contribution in [2.75, 3.05) is 6.61 Å². The van der Waals surface area contributed by atoms with Crippen LogP contribution in [0.15, 0.2) is 11.1 Å². The van der Waals surface area contributed by atoms with Gasteiger partial charge in [0.25, 0.3) is 0 Å². The first-order valence-electron chi connectivity index (χ1n) is 14.5. The molecule has 0 aromatic carbocycles. The van der Waals surface area contributed by atoms with E-state index < -0.39 is 37.3 Å². The second-order valence-corrected chi connectivity index (χ2v) is 31.3. The molecule has 0 N–H and O–H groups in total. The number of ether oxygens (including phenoxy) is 1. The summed E-state index contributed by atoms with van der Waals surface area (Å²) >= 11 is 10.1. The van der Waals surface area contributed by atoms with Crippen molar-refractivity contribution in [2.24, 2.45) is 0 Å². The third-order valence-corrected chi connectivity index (χ3v) is 24.1. The predicted octanol–water partition coefficient (Wildman–Crippen LogP) is 8.94. The highest BCUT2D eigenvalue weighted by Gasteiger charge is 2.55. The summed E-state index contributed by atoms with van der Waals surface area (Å²) in [6.07, 6.45) is -0.214. The minimum atomic E-state index is -2.29. The van der Waals surface area contributed by atoms with Crippen LogP contribution in [-0.2, 0) is 18.0 Å². The van der Waals surface area contributed by atoms with Crippen molar-refractivity contribution in [2.45, 2.75) is 141 Å². The maximum atomic E-state index is 7.26. The number of halogens is 2. The predicted molar refractivity (Wildman–Crippen MR) is 179 cm³/mol. The third kappa shape index (κ3) is 7.22. The van der Waals surface area contributed by atoms with Crippen molar-refractivity contribution < 1.29 is 18.0 Å². The average Bonchev–Trinajstić information content (AvgIpc) is 3.27. The van der Waals surface area contributed by atoms with E-state index >= 15 is 0 Å². The standard InChI is InChI=1S/C28H52BrClN4O4Si3/c1-26(2,3)39(10,11)35-16-18-20(37-40(12,13)27(4,5)6)21(38-41(14,15)28(7,8)9)24(36-18)34-23-19(33-25(34)29)22(30)31-17-32-23/h17-18,20-21,24H,16H2,1-15H3/t18-,20-,21-,24-/m1/s1. The highest BCUT2D eigenvalue weighted by atomic mass is 79.9. The Labute approximate surface area is 264 Å². The third-order valence-electron chi connectivity index (χ3n) is 9.82. The zero-order valence-corrected chi connectivity index (χ0v) is 33.1. The second kappa shape index (κ2) is 11.6. The Hall–Kier alpha value is -0.189. The monoisotopic (exact) mass is 706 g/mol. The van der Waals surface area contributed by atoms with Crippen LogP contribution in [-0.4, -0.2) is 69.4 Å². The van der Waals surface area contributed by atoms with Gasteiger partial charge in [0.05, 0.1) is 6.61 Å². The minimum absolute atomic E-state index is 0.000480. The quantitative estimate of drug-likeness (QED) is 0.154. The summed E-state index contributed by atoms with van der Waals surface area (Å²) in [6, 6.07) is 0. The van der Waals surface area contributed by atoms with Gasteiger partial charge in [-0.05, 0) is 70.3 Å². The first kappa shape index (κ1) is 35.3. The number of imidazole rings is 1. The van der Waals surface area contributed by atoms with Crippen LogP contribution in [0.5, 0.6) is 0 Å². The van der Waals surface area contributed by atoms with Gasteiger partial charge in [-0.25, -0.2) is 15.0 Å². The number of nitrogens with zero attached hydrogens (tertiary/aromatic N) is 4. The van der Waals surface area contributed by atoms with Crippen LogP contribution in [0.3, 0.4) is 0 Å². The molecule has 0 unspecified atom stereocenters. The Morgan fingerprint density at radius 1 is 0.829 bits per heavy atom. The Bertz CT molecular complexity index is 1240. The first-order valence-corrected chi connectivity index (χ1v) is 24.4. The molecule has 0 radical (unpaired) electrons. The first-order chi connectivity index (χ1) is 18.3. The fourth-order valence-corrected chi connectivity index (χ4v) is 8.27. The molecule has 4 atom stereocenters. The molecule has 0 amide bonds. The molecule has 1 aliphatic heterocycles. The molecular formula is C28H52BrClN4O4Si3. The number of aromatic nitrogens is 4. The van der Waals surface area contributed by atoms with Gasteiger partial charge in [-0.1, -0.05) is 73.9 Å². The molecule has 2 aromatic rings. The summed E-state index contributed by atoms with van der Waals surface area (Å²) in [7, 11) is -6.61. The van der Waals surface area contributed by atoms with Gasteiger partial charge in [-0.3, -0.25) is 4.57 Å². The van der Waals surface area contributed by atoms with E-state index in [1.165, 1.54) is 6.33 Å². The van der Waals surface area contributed by atoms with E-state index in [2.05, 4.69) is 132 Å². The summed E-state index contributed by atoms with van der Waals surface area (Å²) in [5.74, 6) is 0. The molecule has 234 valence electrons. The Morgan fingerprint density at radius 3 is 1.80 bits per heavy atom. The number of rotatable bonds is 8. The van der Waals surface area contributed by atoms with Gasteiger partial charge in [-0.15, -0.1) is 0 Å². The molecule has 0 saturated carbocycles. The van der Waals surface area contributed by atoms with E-state index in [-0.39, 0.29) is 27.3 Å². The summed E-state index contributed by atoms with van der Waals surface area (Å²) in [4.78, 5) is 13.4. The molecule has 0 spiro atoms. The van der Waals surface area contributed by atoms with E-state index in [0.29, 0.717) is 27.7 Å². The largest absolute Gasteiger partial charge is 0.414 e. The zero-order chi connectivity index (χ0) is 31.6. The van der Waals surface area contributed by atoms with Gasteiger partial charge in [0.2, 0.25) is 0 Å². The lowest BCUT2D eigenvalue weighted by Crippen LogP contribution is -2.54. The topological polar surface area (TPSA) is 80.5 Å². The average molecular weight is 708 g/mol. The Morgan fingerprint density at radius 2 is 1.32 bits per heavy atom. The SMILES string of the molecule is CC(C)(C)[Si](C)(C)OC[C@H]1O[C@@H](n2c(Br)nc3c(Cl)ncnc32)[C@H](O[Si](C)(C)C(C)(C)C)[C@@H]1O[Si](C)(C)C(C)(C)C. The minimum Gasteiger partial charge on any atom is -0.414 e. The molecule has 13 heteroatoms. The van der Waals surface area contributed by atoms with E-state index in [1.54, 1.807) is 0 Å². The van der Waals surface area contributed by atoms with E-state index in [4.69, 9.17) is 29.6 Å². The number of fused-ring (bicyclic) bond motifs is 1. The molecular weight excluding hydrogens is 656 g/mol. The van der Waals surface area contributed by atoms with Crippen LogP contribution in [0.2, 0.25) is 59.5 Å². The smallest absolute Gasteiger partial charge is 0.192 e. The normalized spacial score (nSPS) is 23.5. The van der Waals surface area contributed by atoms with Crippen LogP contribution in [0.4, 0.5) is 0 Å². The molecule has 2 aromatic heterocycles. The van der Waals surface area contributed by atoms with Crippen LogP contribution >= 0.6 is 27.5 Å². The lowest BCUT2D eigenvalue weighted by molar-refractivity contribution is -0.0480. The molecule has 3 heterocycles. The maximum absolute atomic E-state index is 7.26. The Kier molecular flexibility index (Phi) is 10.0. The van der Waals surface area contributed by atoms with Gasteiger partial charge >= 0.3 is 0 Å². The van der Waals surface area contributed by atoms with Crippen molar-refractivity contribution in [1.29, 1.82) is 0 Å². The van der Waals surface area contributed by atoms with Crippen LogP contribution < -0.4 is 0 Å². The highest BCUT2D eigenvalue weighted by molar-refractivity contribution is 9.10. The van der Waals surface area contributed by atoms with Crippen molar-refractivity contribution in [3.63, 3.8) is 0 Å². The Balaban J connectivity index is 2.20. The fraction of sp³-hybridized carbons (Fsp3) is 0.821. The molecule has 1 saturated heterocycles. The maximum Gasteiger partial charge on any atom is 0.192 e. The van der Waals surface area contributed by atoms with E-state index in [1.807, 2.05) is 4.57 Å². The number of hydrogen-bond acceptors (Lipinski definition) is 7. The van der Waals surface area contributed by atoms with Gasteiger partial charge in [0.1, 0.15) is 30.2 Å². The molecule has 8 nitrogen and oxygen atoms in total. The van der Waals surface area contributed by atoms with Crippen molar-refractivity contribution >= 4 is 63.6 Å². The second-order valence-electron chi connectivity index (χ2n) is 15.9. The number of hydrogen-bond donors (Lipinski definition) is 0. The summed E-state index contributed by atoms with van der Waals surface area (Å²) in [5, 5.41) is 0.338.